The Morgan fingerprint density at radius 3 is 2.88 bits per heavy atom. The largest absolute Gasteiger partial charge is 0.444 e. The molecule has 7 heteroatoms. The van der Waals surface area contributed by atoms with Crippen molar-refractivity contribution in [2.45, 2.75) is 39.7 Å². The van der Waals surface area contributed by atoms with Gasteiger partial charge in [-0.1, -0.05) is 6.07 Å². The molecule has 1 amide bonds. The van der Waals surface area contributed by atoms with Gasteiger partial charge in [0.15, 0.2) is 0 Å². The maximum absolute atomic E-state index is 12.3. The number of hydrogen-bond acceptors (Lipinski definition) is 5. The zero-order chi connectivity index (χ0) is 17.3. The molecule has 0 aromatic carbocycles. The van der Waals surface area contributed by atoms with E-state index in [9.17, 15) is 4.79 Å². The van der Waals surface area contributed by atoms with Gasteiger partial charge >= 0.3 is 0 Å². The molecule has 0 bridgehead atoms. The highest BCUT2D eigenvalue weighted by Crippen LogP contribution is 2.24. The van der Waals surface area contributed by atoms with Crippen molar-refractivity contribution in [3.63, 3.8) is 0 Å². The van der Waals surface area contributed by atoms with E-state index in [4.69, 9.17) is 4.42 Å². The van der Waals surface area contributed by atoms with Gasteiger partial charge in [-0.2, -0.15) is 5.10 Å². The first-order valence-electron chi connectivity index (χ1n) is 7.68. The Bertz CT molecular complexity index is 840. The first-order valence-corrected chi connectivity index (χ1v) is 8.56. The Hall–Kier alpha value is -2.41. The normalized spacial score (nSPS) is 11.7. The van der Waals surface area contributed by atoms with Crippen LogP contribution in [0, 0.1) is 6.92 Å². The van der Waals surface area contributed by atoms with Gasteiger partial charge < -0.3 is 9.73 Å². The number of thiophene rings is 1. The molecular weight excluding hydrogens is 324 g/mol. The highest BCUT2D eigenvalue weighted by Gasteiger charge is 2.20. The van der Waals surface area contributed by atoms with E-state index in [2.05, 4.69) is 15.4 Å². The topological polar surface area (TPSA) is 73.0 Å². The van der Waals surface area contributed by atoms with E-state index in [0.717, 1.165) is 10.6 Å². The molecule has 3 aromatic rings. The van der Waals surface area contributed by atoms with E-state index in [1.165, 1.54) is 6.26 Å². The van der Waals surface area contributed by atoms with Crippen molar-refractivity contribution in [1.29, 1.82) is 0 Å². The molecule has 0 radical (unpaired) electrons. The third-order valence-corrected chi connectivity index (χ3v) is 4.22. The average Bonchev–Trinajstić information content (AvgIpc) is 3.17. The minimum Gasteiger partial charge on any atom is -0.444 e. The standard InChI is InChI=1S/C17H20N4O2S/c1-11-8-14(21(20-11)17(2,3)4)19-15(22)9-12-10-23-16(18-12)13-6-5-7-24-13/h5-8,10H,9H2,1-4H3,(H,19,22). The minimum atomic E-state index is -0.211. The second-order valence-electron chi connectivity index (χ2n) is 6.60. The van der Waals surface area contributed by atoms with Gasteiger partial charge in [-0.05, 0) is 39.1 Å². The third kappa shape index (κ3) is 3.56. The first kappa shape index (κ1) is 16.4. The molecule has 24 heavy (non-hydrogen) atoms. The van der Waals surface area contributed by atoms with Crippen molar-refractivity contribution >= 4 is 23.1 Å². The quantitative estimate of drug-likeness (QED) is 0.780. The average molecular weight is 344 g/mol. The smallest absolute Gasteiger partial charge is 0.236 e. The molecule has 3 heterocycles. The van der Waals surface area contributed by atoms with E-state index < -0.39 is 0 Å². The van der Waals surface area contributed by atoms with Gasteiger partial charge in [-0.25, -0.2) is 9.67 Å². The van der Waals surface area contributed by atoms with Crippen molar-refractivity contribution < 1.29 is 9.21 Å². The van der Waals surface area contributed by atoms with Gasteiger partial charge in [0.25, 0.3) is 0 Å². The van der Waals surface area contributed by atoms with E-state index in [1.54, 1.807) is 11.3 Å². The second-order valence-corrected chi connectivity index (χ2v) is 7.55. The van der Waals surface area contributed by atoms with Crippen LogP contribution in [0.5, 0.6) is 0 Å². The molecule has 0 saturated carbocycles. The molecule has 0 aliphatic rings. The lowest BCUT2D eigenvalue weighted by molar-refractivity contribution is -0.115. The molecular formula is C17H20N4O2S. The Morgan fingerprint density at radius 2 is 2.21 bits per heavy atom. The second kappa shape index (κ2) is 6.24. The van der Waals surface area contributed by atoms with Crippen LogP contribution < -0.4 is 5.32 Å². The Morgan fingerprint density at radius 1 is 1.42 bits per heavy atom. The lowest BCUT2D eigenvalue weighted by Gasteiger charge is -2.22. The predicted octanol–water partition coefficient (Wildman–Crippen LogP) is 3.84. The fraction of sp³-hybridized carbons (Fsp3) is 0.353. The molecule has 3 aromatic heterocycles. The molecule has 0 aliphatic carbocycles. The van der Waals surface area contributed by atoms with Gasteiger partial charge in [0.05, 0.1) is 28.2 Å². The Kier molecular flexibility index (Phi) is 4.28. The van der Waals surface area contributed by atoms with Crippen molar-refractivity contribution in [2.75, 3.05) is 5.32 Å². The summed E-state index contributed by atoms with van der Waals surface area (Å²) in [5.74, 6) is 1.08. The highest BCUT2D eigenvalue weighted by atomic mass is 32.1. The molecule has 1 N–H and O–H groups in total. The van der Waals surface area contributed by atoms with Crippen LogP contribution in [-0.2, 0) is 16.8 Å². The summed E-state index contributed by atoms with van der Waals surface area (Å²) in [5, 5.41) is 9.32. The molecule has 3 rings (SSSR count). The molecule has 6 nitrogen and oxygen atoms in total. The number of carbonyl (C=O) groups is 1. The lowest BCUT2D eigenvalue weighted by atomic mass is 10.1. The van der Waals surface area contributed by atoms with Gasteiger partial charge in [-0.15, -0.1) is 11.3 Å². The summed E-state index contributed by atoms with van der Waals surface area (Å²) in [6.45, 7) is 8.03. The monoisotopic (exact) mass is 344 g/mol. The molecule has 0 saturated heterocycles. The minimum absolute atomic E-state index is 0.147. The summed E-state index contributed by atoms with van der Waals surface area (Å²) >= 11 is 1.55. The fourth-order valence-corrected chi connectivity index (χ4v) is 3.01. The summed E-state index contributed by atoms with van der Waals surface area (Å²) < 4.78 is 7.26. The fourth-order valence-electron chi connectivity index (χ4n) is 2.35. The van der Waals surface area contributed by atoms with Crippen LogP contribution >= 0.6 is 11.3 Å². The molecule has 0 unspecified atom stereocenters. The van der Waals surface area contributed by atoms with Gasteiger partial charge in [-0.3, -0.25) is 4.79 Å². The number of oxazole rings is 1. The summed E-state index contributed by atoms with van der Waals surface area (Å²) in [6, 6.07) is 5.74. The van der Waals surface area contributed by atoms with Crippen molar-refractivity contribution in [3.8, 4) is 10.8 Å². The number of rotatable bonds is 4. The number of hydrogen-bond donors (Lipinski definition) is 1. The van der Waals surface area contributed by atoms with E-state index in [1.807, 2.05) is 56.0 Å². The zero-order valence-electron chi connectivity index (χ0n) is 14.2. The van der Waals surface area contributed by atoms with Gasteiger partial charge in [0.2, 0.25) is 11.8 Å². The third-order valence-electron chi connectivity index (χ3n) is 3.36. The number of carbonyl (C=O) groups excluding carboxylic acids is 1. The summed E-state index contributed by atoms with van der Waals surface area (Å²) in [6.07, 6.45) is 1.68. The Balaban J connectivity index is 1.71. The lowest BCUT2D eigenvalue weighted by Crippen LogP contribution is -2.27. The van der Waals surface area contributed by atoms with Crippen LogP contribution in [0.15, 0.2) is 34.3 Å². The molecule has 0 spiro atoms. The zero-order valence-corrected chi connectivity index (χ0v) is 15.0. The van der Waals surface area contributed by atoms with Crippen LogP contribution in [0.1, 0.15) is 32.2 Å². The van der Waals surface area contributed by atoms with Crippen molar-refractivity contribution in [2.24, 2.45) is 0 Å². The highest BCUT2D eigenvalue weighted by molar-refractivity contribution is 7.13. The van der Waals surface area contributed by atoms with Crippen molar-refractivity contribution in [3.05, 3.63) is 41.2 Å². The maximum Gasteiger partial charge on any atom is 0.236 e. The predicted molar refractivity (Wildman–Crippen MR) is 94.1 cm³/mol. The number of nitrogens with one attached hydrogen (secondary N) is 1. The van der Waals surface area contributed by atoms with Crippen LogP contribution in [0.2, 0.25) is 0 Å². The summed E-state index contributed by atoms with van der Waals surface area (Å²) in [5.41, 5.74) is 1.26. The Labute approximate surface area is 144 Å². The summed E-state index contributed by atoms with van der Waals surface area (Å²) in [7, 11) is 0. The number of aryl methyl sites for hydroxylation is 1. The van der Waals surface area contributed by atoms with E-state index in [0.29, 0.717) is 17.4 Å². The molecule has 0 atom stereocenters. The van der Waals surface area contributed by atoms with Gasteiger partial charge in [0.1, 0.15) is 12.1 Å². The molecule has 0 aliphatic heterocycles. The van der Waals surface area contributed by atoms with E-state index >= 15 is 0 Å². The summed E-state index contributed by atoms with van der Waals surface area (Å²) in [4.78, 5) is 17.7. The van der Waals surface area contributed by atoms with Crippen LogP contribution in [0.25, 0.3) is 10.8 Å². The number of nitrogens with zero attached hydrogens (tertiary/aromatic N) is 3. The SMILES string of the molecule is Cc1cc(NC(=O)Cc2coc(-c3cccs3)n2)n(C(C)(C)C)n1. The number of amides is 1. The van der Waals surface area contributed by atoms with Crippen LogP contribution in [-0.4, -0.2) is 20.7 Å². The number of anilines is 1. The first-order chi connectivity index (χ1) is 11.3. The van der Waals surface area contributed by atoms with Crippen LogP contribution in [0.3, 0.4) is 0 Å². The van der Waals surface area contributed by atoms with Gasteiger partial charge in [0, 0.05) is 6.07 Å². The number of aromatic nitrogens is 3. The van der Waals surface area contributed by atoms with E-state index in [-0.39, 0.29) is 17.9 Å². The molecule has 0 fully saturated rings. The molecule has 126 valence electrons. The maximum atomic E-state index is 12.3. The van der Waals surface area contributed by atoms with Crippen molar-refractivity contribution in [1.82, 2.24) is 14.8 Å². The van der Waals surface area contributed by atoms with Crippen LogP contribution in [0.4, 0.5) is 5.82 Å².